The van der Waals surface area contributed by atoms with Crippen molar-refractivity contribution in [2.45, 2.75) is 26.9 Å². The van der Waals surface area contributed by atoms with E-state index in [2.05, 4.69) is 5.32 Å². The largest absolute Gasteiger partial charge is 0.494 e. The SMILES string of the molecule is CCNC(=O)[C@@H](C)OC(=O)c1ccc(OCC)cc1. The monoisotopic (exact) mass is 265 g/mol. The van der Waals surface area contributed by atoms with Crippen LogP contribution in [0.2, 0.25) is 0 Å². The number of likely N-dealkylation sites (N-methyl/N-ethyl adjacent to an activating group) is 1. The highest BCUT2D eigenvalue weighted by molar-refractivity contribution is 5.92. The lowest BCUT2D eigenvalue weighted by atomic mass is 10.2. The van der Waals surface area contributed by atoms with Crippen LogP contribution < -0.4 is 10.1 Å². The van der Waals surface area contributed by atoms with Crippen LogP contribution in [0, 0.1) is 0 Å². The molecule has 0 aromatic heterocycles. The second-order valence-electron chi connectivity index (χ2n) is 3.90. The number of rotatable bonds is 6. The zero-order valence-electron chi connectivity index (χ0n) is 11.4. The van der Waals surface area contributed by atoms with Crippen molar-refractivity contribution in [1.82, 2.24) is 5.32 Å². The van der Waals surface area contributed by atoms with Gasteiger partial charge in [-0.2, -0.15) is 0 Å². The summed E-state index contributed by atoms with van der Waals surface area (Å²) < 4.78 is 10.3. The van der Waals surface area contributed by atoms with Crippen LogP contribution in [0.1, 0.15) is 31.1 Å². The number of carbonyl (C=O) groups excluding carboxylic acids is 2. The minimum absolute atomic E-state index is 0.304. The number of hydrogen-bond acceptors (Lipinski definition) is 4. The Labute approximate surface area is 112 Å². The molecule has 0 saturated heterocycles. The van der Waals surface area contributed by atoms with Crippen LogP contribution in [0.5, 0.6) is 5.75 Å². The summed E-state index contributed by atoms with van der Waals surface area (Å²) in [5.74, 6) is -0.139. The first kappa shape index (κ1) is 15.0. The minimum atomic E-state index is -0.806. The highest BCUT2D eigenvalue weighted by atomic mass is 16.5. The molecule has 1 atom stereocenters. The first-order chi connectivity index (χ1) is 9.08. The predicted molar refractivity (Wildman–Crippen MR) is 71.2 cm³/mol. The molecular formula is C14H19NO4. The summed E-state index contributed by atoms with van der Waals surface area (Å²) in [6.07, 6.45) is -0.806. The normalized spacial score (nSPS) is 11.5. The second-order valence-corrected chi connectivity index (χ2v) is 3.90. The van der Waals surface area contributed by atoms with E-state index >= 15 is 0 Å². The molecule has 19 heavy (non-hydrogen) atoms. The van der Waals surface area contributed by atoms with E-state index in [0.717, 1.165) is 0 Å². The molecule has 5 nitrogen and oxygen atoms in total. The topological polar surface area (TPSA) is 64.6 Å². The van der Waals surface area contributed by atoms with Crippen LogP contribution in [0.4, 0.5) is 0 Å². The van der Waals surface area contributed by atoms with Gasteiger partial charge >= 0.3 is 5.97 Å². The van der Waals surface area contributed by atoms with Crippen LogP contribution in [0.15, 0.2) is 24.3 Å². The van der Waals surface area contributed by atoms with E-state index in [0.29, 0.717) is 24.5 Å². The Balaban J connectivity index is 2.60. The van der Waals surface area contributed by atoms with E-state index in [1.807, 2.05) is 6.92 Å². The molecule has 0 unspecified atom stereocenters. The number of carbonyl (C=O) groups is 2. The lowest BCUT2D eigenvalue weighted by molar-refractivity contribution is -0.128. The number of amides is 1. The molecule has 1 aromatic rings. The van der Waals surface area contributed by atoms with E-state index in [-0.39, 0.29) is 5.91 Å². The third-order valence-corrected chi connectivity index (χ3v) is 2.41. The fourth-order valence-corrected chi connectivity index (χ4v) is 1.45. The molecule has 1 rings (SSSR count). The summed E-state index contributed by atoms with van der Waals surface area (Å²) in [5, 5.41) is 2.59. The van der Waals surface area contributed by atoms with Gasteiger partial charge in [0.25, 0.3) is 5.91 Å². The quantitative estimate of drug-likeness (QED) is 0.796. The number of esters is 1. The fourth-order valence-electron chi connectivity index (χ4n) is 1.45. The summed E-state index contributed by atoms with van der Waals surface area (Å²) in [7, 11) is 0. The highest BCUT2D eigenvalue weighted by Crippen LogP contribution is 2.13. The average molecular weight is 265 g/mol. The molecule has 0 bridgehead atoms. The lowest BCUT2D eigenvalue weighted by Crippen LogP contribution is -2.35. The van der Waals surface area contributed by atoms with Gasteiger partial charge in [0.2, 0.25) is 0 Å². The molecule has 1 amide bonds. The summed E-state index contributed by atoms with van der Waals surface area (Å²) in [4.78, 5) is 23.2. The molecule has 0 aliphatic heterocycles. The number of benzene rings is 1. The van der Waals surface area contributed by atoms with Gasteiger partial charge in [0.05, 0.1) is 12.2 Å². The van der Waals surface area contributed by atoms with Crippen molar-refractivity contribution in [3.8, 4) is 5.75 Å². The van der Waals surface area contributed by atoms with Crippen molar-refractivity contribution in [3.63, 3.8) is 0 Å². The Hall–Kier alpha value is -2.04. The Morgan fingerprint density at radius 1 is 1.21 bits per heavy atom. The van der Waals surface area contributed by atoms with Gasteiger partial charge in [-0.3, -0.25) is 4.79 Å². The molecule has 1 aromatic carbocycles. The van der Waals surface area contributed by atoms with E-state index in [4.69, 9.17) is 9.47 Å². The number of ether oxygens (including phenoxy) is 2. The van der Waals surface area contributed by atoms with Gasteiger partial charge < -0.3 is 14.8 Å². The maximum absolute atomic E-state index is 11.8. The molecule has 0 aliphatic carbocycles. The van der Waals surface area contributed by atoms with Crippen molar-refractivity contribution in [3.05, 3.63) is 29.8 Å². The van der Waals surface area contributed by atoms with Crippen LogP contribution >= 0.6 is 0 Å². The first-order valence-electron chi connectivity index (χ1n) is 6.30. The number of hydrogen-bond donors (Lipinski definition) is 1. The summed E-state index contributed by atoms with van der Waals surface area (Å²) in [6.45, 7) is 6.30. The van der Waals surface area contributed by atoms with Gasteiger partial charge in [-0.1, -0.05) is 0 Å². The molecule has 104 valence electrons. The Kier molecular flexibility index (Phi) is 5.85. The molecule has 0 radical (unpaired) electrons. The van der Waals surface area contributed by atoms with Crippen LogP contribution in [-0.2, 0) is 9.53 Å². The van der Waals surface area contributed by atoms with Gasteiger partial charge in [0, 0.05) is 6.54 Å². The van der Waals surface area contributed by atoms with Gasteiger partial charge in [0.1, 0.15) is 5.75 Å². The summed E-state index contributed by atoms with van der Waals surface area (Å²) in [5.41, 5.74) is 0.389. The molecule has 1 N–H and O–H groups in total. The van der Waals surface area contributed by atoms with Crippen LogP contribution in [0.25, 0.3) is 0 Å². The smallest absolute Gasteiger partial charge is 0.338 e. The zero-order valence-corrected chi connectivity index (χ0v) is 11.4. The summed E-state index contributed by atoms with van der Waals surface area (Å²) >= 11 is 0. The van der Waals surface area contributed by atoms with Crippen molar-refractivity contribution >= 4 is 11.9 Å². The maximum atomic E-state index is 11.8. The fraction of sp³-hybridized carbons (Fsp3) is 0.429. The van der Waals surface area contributed by atoms with E-state index in [9.17, 15) is 9.59 Å². The van der Waals surface area contributed by atoms with Crippen LogP contribution in [-0.4, -0.2) is 31.1 Å². The van der Waals surface area contributed by atoms with E-state index in [1.54, 1.807) is 31.2 Å². The van der Waals surface area contributed by atoms with Gasteiger partial charge in [-0.05, 0) is 45.0 Å². The van der Waals surface area contributed by atoms with Crippen molar-refractivity contribution in [2.24, 2.45) is 0 Å². The third-order valence-electron chi connectivity index (χ3n) is 2.41. The van der Waals surface area contributed by atoms with Crippen molar-refractivity contribution in [1.29, 1.82) is 0 Å². The molecular weight excluding hydrogens is 246 g/mol. The molecule has 5 heteroatoms. The first-order valence-corrected chi connectivity index (χ1v) is 6.30. The predicted octanol–water partition coefficient (Wildman–Crippen LogP) is 1.77. The summed E-state index contributed by atoms with van der Waals surface area (Å²) in [6, 6.07) is 6.60. The Morgan fingerprint density at radius 2 is 1.84 bits per heavy atom. The van der Waals surface area contributed by atoms with E-state index < -0.39 is 12.1 Å². The molecule has 0 aliphatic rings. The molecule has 0 fully saturated rings. The highest BCUT2D eigenvalue weighted by Gasteiger charge is 2.17. The third kappa shape index (κ3) is 4.62. The zero-order chi connectivity index (χ0) is 14.3. The molecule has 0 spiro atoms. The second kappa shape index (κ2) is 7.41. The Morgan fingerprint density at radius 3 is 2.37 bits per heavy atom. The molecule has 0 saturated carbocycles. The Bertz CT molecular complexity index is 428. The lowest BCUT2D eigenvalue weighted by Gasteiger charge is -2.12. The average Bonchev–Trinajstić information content (AvgIpc) is 2.40. The standard InChI is InChI=1S/C14H19NO4/c1-4-15-13(16)10(3)19-14(17)11-6-8-12(9-7-11)18-5-2/h6-10H,4-5H2,1-3H3,(H,15,16)/t10-/m1/s1. The van der Waals surface area contributed by atoms with Gasteiger partial charge in [-0.15, -0.1) is 0 Å². The van der Waals surface area contributed by atoms with Crippen molar-refractivity contribution in [2.75, 3.05) is 13.2 Å². The van der Waals surface area contributed by atoms with E-state index in [1.165, 1.54) is 6.92 Å². The minimum Gasteiger partial charge on any atom is -0.494 e. The van der Waals surface area contributed by atoms with Crippen molar-refractivity contribution < 1.29 is 19.1 Å². The van der Waals surface area contributed by atoms with Crippen LogP contribution in [0.3, 0.4) is 0 Å². The van der Waals surface area contributed by atoms with Gasteiger partial charge in [0.15, 0.2) is 6.10 Å². The van der Waals surface area contributed by atoms with Gasteiger partial charge in [-0.25, -0.2) is 4.79 Å². The molecule has 0 heterocycles. The maximum Gasteiger partial charge on any atom is 0.338 e. The number of nitrogens with one attached hydrogen (secondary N) is 1.